The molecule has 1 aromatic rings. The van der Waals surface area contributed by atoms with Gasteiger partial charge in [-0.2, -0.15) is 0 Å². The molecule has 0 aliphatic rings. The number of carbonyl (C=O) groups is 1. The molecule has 5 heteroatoms. The van der Waals surface area contributed by atoms with E-state index in [1.54, 1.807) is 0 Å². The van der Waals surface area contributed by atoms with E-state index in [1.165, 1.54) is 19.4 Å². The summed E-state index contributed by atoms with van der Waals surface area (Å²) in [7, 11) is 1.31. The Morgan fingerprint density at radius 1 is 1.44 bits per heavy atom. The van der Waals surface area contributed by atoms with Crippen LogP contribution < -0.4 is 10.5 Å². The zero-order valence-corrected chi connectivity index (χ0v) is 11.3. The van der Waals surface area contributed by atoms with Crippen LogP contribution in [0.3, 0.4) is 0 Å². The first-order chi connectivity index (χ1) is 8.33. The lowest BCUT2D eigenvalue weighted by Crippen LogP contribution is -2.14. The molecule has 0 atom stereocenters. The van der Waals surface area contributed by atoms with Crippen LogP contribution in [0.5, 0.6) is 5.88 Å². The number of nitrogens with two attached hydrogens (primary N) is 1. The maximum absolute atomic E-state index is 11.5. The molecule has 0 bridgehead atoms. The normalized spacial score (nSPS) is 11.1. The van der Waals surface area contributed by atoms with Gasteiger partial charge in [-0.3, -0.25) is 0 Å². The van der Waals surface area contributed by atoms with Crippen LogP contribution in [0.15, 0.2) is 12.3 Å². The monoisotopic (exact) mass is 252 g/mol. The number of anilines is 1. The van der Waals surface area contributed by atoms with Crippen LogP contribution in [0.2, 0.25) is 0 Å². The number of hydrogen-bond acceptors (Lipinski definition) is 5. The van der Waals surface area contributed by atoms with Gasteiger partial charge in [0.05, 0.1) is 25.6 Å². The van der Waals surface area contributed by atoms with Crippen molar-refractivity contribution in [1.29, 1.82) is 0 Å². The lowest BCUT2D eigenvalue weighted by molar-refractivity contribution is 0.0594. The molecule has 0 aliphatic carbocycles. The Morgan fingerprint density at radius 2 is 2.11 bits per heavy atom. The molecule has 18 heavy (non-hydrogen) atoms. The molecular weight excluding hydrogens is 232 g/mol. The highest BCUT2D eigenvalue weighted by Gasteiger charge is 2.16. The number of carbonyl (C=O) groups excluding carboxylic acids is 1. The largest absolute Gasteiger partial charge is 0.477 e. The van der Waals surface area contributed by atoms with Crippen molar-refractivity contribution in [3.63, 3.8) is 0 Å². The van der Waals surface area contributed by atoms with Gasteiger partial charge >= 0.3 is 5.97 Å². The Labute approximate surface area is 107 Å². The highest BCUT2D eigenvalue weighted by atomic mass is 16.5. The van der Waals surface area contributed by atoms with Crippen LogP contribution in [0, 0.1) is 5.41 Å². The van der Waals surface area contributed by atoms with Crippen molar-refractivity contribution in [2.24, 2.45) is 5.41 Å². The quantitative estimate of drug-likeness (QED) is 0.832. The van der Waals surface area contributed by atoms with E-state index in [-0.39, 0.29) is 16.9 Å². The lowest BCUT2D eigenvalue weighted by atomic mass is 9.93. The summed E-state index contributed by atoms with van der Waals surface area (Å²) < 4.78 is 10.2. The molecule has 1 heterocycles. The van der Waals surface area contributed by atoms with Crippen molar-refractivity contribution in [2.75, 3.05) is 19.5 Å². The molecule has 1 aromatic heterocycles. The third-order valence-electron chi connectivity index (χ3n) is 2.37. The summed E-state index contributed by atoms with van der Waals surface area (Å²) in [6.45, 7) is 6.85. The van der Waals surface area contributed by atoms with Gasteiger partial charge < -0.3 is 15.2 Å². The molecule has 0 saturated carbocycles. The van der Waals surface area contributed by atoms with Crippen molar-refractivity contribution in [2.45, 2.75) is 27.2 Å². The van der Waals surface area contributed by atoms with Crippen LogP contribution in [-0.4, -0.2) is 24.7 Å². The third kappa shape index (κ3) is 4.24. The summed E-state index contributed by atoms with van der Waals surface area (Å²) in [6, 6.07) is 1.51. The molecule has 5 nitrogen and oxygen atoms in total. The number of nitrogens with zero attached hydrogens (tertiary/aromatic N) is 1. The Hall–Kier alpha value is -1.78. The molecule has 0 fully saturated rings. The molecule has 0 amide bonds. The van der Waals surface area contributed by atoms with Crippen LogP contribution in [-0.2, 0) is 4.74 Å². The van der Waals surface area contributed by atoms with E-state index in [2.05, 4.69) is 30.5 Å². The predicted octanol–water partition coefficient (Wildman–Crippen LogP) is 2.27. The van der Waals surface area contributed by atoms with Crippen molar-refractivity contribution in [3.05, 3.63) is 17.8 Å². The van der Waals surface area contributed by atoms with Crippen molar-refractivity contribution in [1.82, 2.24) is 4.98 Å². The van der Waals surface area contributed by atoms with Gasteiger partial charge in [-0.15, -0.1) is 0 Å². The van der Waals surface area contributed by atoms with Gasteiger partial charge in [0.25, 0.3) is 0 Å². The van der Waals surface area contributed by atoms with Crippen LogP contribution in [0.25, 0.3) is 0 Å². The van der Waals surface area contributed by atoms with E-state index in [1.807, 2.05) is 0 Å². The van der Waals surface area contributed by atoms with Gasteiger partial charge in [-0.05, 0) is 17.9 Å². The fourth-order valence-electron chi connectivity index (χ4n) is 1.29. The molecule has 100 valence electrons. The fraction of sp³-hybridized carbons (Fsp3) is 0.538. The highest BCUT2D eigenvalue weighted by Crippen LogP contribution is 2.22. The third-order valence-corrected chi connectivity index (χ3v) is 2.37. The second-order valence-electron chi connectivity index (χ2n) is 5.27. The maximum Gasteiger partial charge on any atom is 0.343 e. The number of rotatable bonds is 4. The van der Waals surface area contributed by atoms with Crippen molar-refractivity contribution < 1.29 is 14.3 Å². The number of pyridine rings is 1. The van der Waals surface area contributed by atoms with E-state index >= 15 is 0 Å². The summed E-state index contributed by atoms with van der Waals surface area (Å²) in [4.78, 5) is 15.6. The summed E-state index contributed by atoms with van der Waals surface area (Å²) in [5.41, 5.74) is 6.42. The van der Waals surface area contributed by atoms with E-state index in [0.29, 0.717) is 12.3 Å². The minimum Gasteiger partial charge on any atom is -0.477 e. The maximum atomic E-state index is 11.5. The van der Waals surface area contributed by atoms with Crippen LogP contribution in [0.4, 0.5) is 5.69 Å². The second kappa shape index (κ2) is 5.71. The van der Waals surface area contributed by atoms with Gasteiger partial charge in [0.15, 0.2) is 0 Å². The summed E-state index contributed by atoms with van der Waals surface area (Å²) in [5.74, 6) is -0.235. The molecule has 0 aromatic carbocycles. The number of esters is 1. The molecule has 1 rings (SSSR count). The minimum absolute atomic E-state index is 0.166. The predicted molar refractivity (Wildman–Crippen MR) is 69.6 cm³/mol. The standard InChI is InChI=1S/C13H20N2O3/c1-13(2,3)5-6-18-11-10(12(16)17-4)7-9(14)8-15-11/h7-8H,5-6,14H2,1-4H3. The summed E-state index contributed by atoms with van der Waals surface area (Å²) in [5, 5.41) is 0. The zero-order chi connectivity index (χ0) is 13.8. The Bertz CT molecular complexity index is 425. The Balaban J connectivity index is 2.79. The average Bonchev–Trinajstić information content (AvgIpc) is 2.28. The number of aromatic nitrogens is 1. The summed E-state index contributed by atoms with van der Waals surface area (Å²) in [6.07, 6.45) is 2.32. The van der Waals surface area contributed by atoms with E-state index in [0.717, 1.165) is 6.42 Å². The average molecular weight is 252 g/mol. The number of ether oxygens (including phenoxy) is 2. The first kappa shape index (κ1) is 14.3. The Kier molecular flexibility index (Phi) is 4.53. The van der Waals surface area contributed by atoms with Gasteiger partial charge in [0.2, 0.25) is 5.88 Å². The molecule has 2 N–H and O–H groups in total. The SMILES string of the molecule is COC(=O)c1cc(N)cnc1OCCC(C)(C)C. The number of hydrogen-bond donors (Lipinski definition) is 1. The first-order valence-corrected chi connectivity index (χ1v) is 5.80. The van der Waals surface area contributed by atoms with Gasteiger partial charge in [0, 0.05) is 0 Å². The van der Waals surface area contributed by atoms with Crippen LogP contribution >= 0.6 is 0 Å². The topological polar surface area (TPSA) is 74.4 Å². The van der Waals surface area contributed by atoms with Crippen molar-refractivity contribution in [3.8, 4) is 5.88 Å². The highest BCUT2D eigenvalue weighted by molar-refractivity contribution is 5.92. The number of methoxy groups -OCH3 is 1. The van der Waals surface area contributed by atoms with Gasteiger partial charge in [-0.1, -0.05) is 20.8 Å². The van der Waals surface area contributed by atoms with Crippen LogP contribution in [0.1, 0.15) is 37.6 Å². The summed E-state index contributed by atoms with van der Waals surface area (Å²) >= 11 is 0. The molecule has 0 aliphatic heterocycles. The van der Waals surface area contributed by atoms with E-state index < -0.39 is 5.97 Å². The lowest BCUT2D eigenvalue weighted by Gasteiger charge is -2.18. The van der Waals surface area contributed by atoms with Crippen molar-refractivity contribution >= 4 is 11.7 Å². The molecule has 0 unspecified atom stereocenters. The zero-order valence-electron chi connectivity index (χ0n) is 11.3. The van der Waals surface area contributed by atoms with Gasteiger partial charge in [-0.25, -0.2) is 9.78 Å². The minimum atomic E-state index is -0.499. The van der Waals surface area contributed by atoms with E-state index in [9.17, 15) is 4.79 Å². The molecule has 0 saturated heterocycles. The second-order valence-corrected chi connectivity index (χ2v) is 5.27. The Morgan fingerprint density at radius 3 is 2.67 bits per heavy atom. The van der Waals surface area contributed by atoms with E-state index in [4.69, 9.17) is 10.5 Å². The molecular formula is C13H20N2O3. The smallest absolute Gasteiger partial charge is 0.343 e. The molecule has 0 radical (unpaired) electrons. The molecule has 0 spiro atoms. The number of nitrogen functional groups attached to an aromatic ring is 1. The first-order valence-electron chi connectivity index (χ1n) is 5.80. The fourth-order valence-corrected chi connectivity index (χ4v) is 1.29. The van der Waals surface area contributed by atoms with Gasteiger partial charge in [0.1, 0.15) is 5.56 Å².